The van der Waals surface area contributed by atoms with Gasteiger partial charge in [0.05, 0.1) is 10.6 Å². The molecule has 0 atom stereocenters. The van der Waals surface area contributed by atoms with Crippen LogP contribution in [0, 0.1) is 0 Å². The van der Waals surface area contributed by atoms with Crippen LogP contribution in [0.5, 0.6) is 0 Å². The Morgan fingerprint density at radius 3 is 2.87 bits per heavy atom. The van der Waals surface area contributed by atoms with Crippen molar-refractivity contribution in [1.82, 2.24) is 0 Å². The first-order valence-electron chi connectivity index (χ1n) is 4.99. The number of benzene rings is 1. The Morgan fingerprint density at radius 2 is 2.27 bits per heavy atom. The fraction of sp³-hybridized carbons (Fsp3) is 0.364. The van der Waals surface area contributed by atoms with Crippen LogP contribution in [0.3, 0.4) is 0 Å². The van der Waals surface area contributed by atoms with Gasteiger partial charge in [0.1, 0.15) is 4.99 Å². The number of rotatable bonds is 5. The lowest BCUT2D eigenvalue weighted by Gasteiger charge is -2.11. The number of unbranched alkanes of at least 4 members (excludes halogenated alkanes) is 1. The van der Waals surface area contributed by atoms with E-state index in [1.807, 2.05) is 12.1 Å². The van der Waals surface area contributed by atoms with Gasteiger partial charge >= 0.3 is 0 Å². The average Bonchev–Trinajstić information content (AvgIpc) is 2.17. The summed E-state index contributed by atoms with van der Waals surface area (Å²) >= 11 is 11.0. The third kappa shape index (κ3) is 3.36. The SMILES string of the molecule is CCCCNc1cccc(Cl)c1C(N)=S. The molecular weight excluding hydrogens is 228 g/mol. The Labute approximate surface area is 101 Å². The molecule has 0 saturated carbocycles. The zero-order valence-corrected chi connectivity index (χ0v) is 10.3. The van der Waals surface area contributed by atoms with Gasteiger partial charge in [-0.3, -0.25) is 0 Å². The lowest BCUT2D eigenvalue weighted by atomic mass is 10.1. The third-order valence-electron chi connectivity index (χ3n) is 2.11. The van der Waals surface area contributed by atoms with Crippen molar-refractivity contribution in [3.63, 3.8) is 0 Å². The van der Waals surface area contributed by atoms with Crippen LogP contribution in [0.2, 0.25) is 5.02 Å². The van der Waals surface area contributed by atoms with Gasteiger partial charge in [-0.1, -0.05) is 43.2 Å². The maximum Gasteiger partial charge on any atom is 0.107 e. The summed E-state index contributed by atoms with van der Waals surface area (Å²) in [6.45, 7) is 3.06. The van der Waals surface area contributed by atoms with E-state index in [-0.39, 0.29) is 0 Å². The minimum Gasteiger partial charge on any atom is -0.389 e. The number of hydrogen-bond acceptors (Lipinski definition) is 2. The lowest BCUT2D eigenvalue weighted by Crippen LogP contribution is -2.14. The molecule has 3 N–H and O–H groups in total. The predicted octanol–water partition coefficient (Wildman–Crippen LogP) is 3.19. The number of anilines is 1. The molecule has 0 aromatic heterocycles. The number of thiocarbonyl (C=S) groups is 1. The van der Waals surface area contributed by atoms with E-state index in [9.17, 15) is 0 Å². The molecular formula is C11H15ClN2S. The molecule has 2 nitrogen and oxygen atoms in total. The molecule has 0 aliphatic rings. The first-order chi connectivity index (χ1) is 7.16. The van der Waals surface area contributed by atoms with Gasteiger partial charge in [0.2, 0.25) is 0 Å². The van der Waals surface area contributed by atoms with Crippen LogP contribution in [0.4, 0.5) is 5.69 Å². The van der Waals surface area contributed by atoms with Crippen molar-refractivity contribution in [2.24, 2.45) is 5.73 Å². The molecule has 1 aromatic rings. The summed E-state index contributed by atoms with van der Waals surface area (Å²) in [7, 11) is 0. The van der Waals surface area contributed by atoms with Crippen molar-refractivity contribution in [2.45, 2.75) is 19.8 Å². The van der Waals surface area contributed by atoms with E-state index in [1.165, 1.54) is 0 Å². The quantitative estimate of drug-likeness (QED) is 0.615. The van der Waals surface area contributed by atoms with Gasteiger partial charge in [-0.15, -0.1) is 0 Å². The second-order valence-electron chi connectivity index (χ2n) is 3.31. The number of hydrogen-bond donors (Lipinski definition) is 2. The van der Waals surface area contributed by atoms with E-state index in [0.29, 0.717) is 10.0 Å². The smallest absolute Gasteiger partial charge is 0.107 e. The molecule has 1 rings (SSSR count). The van der Waals surface area contributed by atoms with Gasteiger partial charge in [0.25, 0.3) is 0 Å². The second-order valence-corrected chi connectivity index (χ2v) is 4.15. The van der Waals surface area contributed by atoms with Gasteiger partial charge in [-0.25, -0.2) is 0 Å². The molecule has 0 spiro atoms. The molecule has 0 aliphatic carbocycles. The molecule has 0 fully saturated rings. The highest BCUT2D eigenvalue weighted by molar-refractivity contribution is 7.80. The van der Waals surface area contributed by atoms with Crippen LogP contribution in [0.25, 0.3) is 0 Å². The van der Waals surface area contributed by atoms with Gasteiger partial charge in [-0.2, -0.15) is 0 Å². The molecule has 0 saturated heterocycles. The van der Waals surface area contributed by atoms with Crippen molar-refractivity contribution in [2.75, 3.05) is 11.9 Å². The van der Waals surface area contributed by atoms with E-state index in [1.54, 1.807) is 6.07 Å². The molecule has 15 heavy (non-hydrogen) atoms. The van der Waals surface area contributed by atoms with Gasteiger partial charge in [-0.05, 0) is 18.6 Å². The summed E-state index contributed by atoms with van der Waals surface area (Å²) in [6.07, 6.45) is 2.26. The maximum absolute atomic E-state index is 6.03. The molecule has 1 aromatic carbocycles. The fourth-order valence-corrected chi connectivity index (χ4v) is 1.87. The Hall–Kier alpha value is -0.800. The predicted molar refractivity (Wildman–Crippen MR) is 70.7 cm³/mol. The van der Waals surface area contributed by atoms with E-state index in [4.69, 9.17) is 29.6 Å². The van der Waals surface area contributed by atoms with Crippen LogP contribution in [-0.4, -0.2) is 11.5 Å². The van der Waals surface area contributed by atoms with Gasteiger partial charge in [0, 0.05) is 12.2 Å². The van der Waals surface area contributed by atoms with Crippen LogP contribution in [-0.2, 0) is 0 Å². The number of halogens is 1. The minimum absolute atomic E-state index is 0.333. The Bertz CT molecular complexity index is 352. The minimum atomic E-state index is 0.333. The fourth-order valence-electron chi connectivity index (χ4n) is 1.32. The molecule has 4 heteroatoms. The van der Waals surface area contributed by atoms with E-state index in [0.717, 1.165) is 30.6 Å². The molecule has 0 radical (unpaired) electrons. The van der Waals surface area contributed by atoms with Crippen LogP contribution in [0.15, 0.2) is 18.2 Å². The summed E-state index contributed by atoms with van der Waals surface area (Å²) in [4.78, 5) is 0.333. The Kier molecular flexibility index (Phi) is 4.85. The standard InChI is InChI=1S/C11H15ClN2S/c1-2-3-7-14-9-6-4-5-8(12)10(9)11(13)15/h4-6,14H,2-3,7H2,1H3,(H2,13,15). The number of nitrogens with one attached hydrogen (secondary N) is 1. The topological polar surface area (TPSA) is 38.0 Å². The first kappa shape index (κ1) is 12.3. The normalized spacial score (nSPS) is 10.0. The molecule has 0 bridgehead atoms. The van der Waals surface area contributed by atoms with E-state index < -0.39 is 0 Å². The molecule has 82 valence electrons. The molecule has 0 aliphatic heterocycles. The van der Waals surface area contributed by atoms with Crippen molar-refractivity contribution in [3.8, 4) is 0 Å². The lowest BCUT2D eigenvalue weighted by molar-refractivity contribution is 0.834. The second kappa shape index (κ2) is 5.93. The van der Waals surface area contributed by atoms with Crippen LogP contribution >= 0.6 is 23.8 Å². The van der Waals surface area contributed by atoms with E-state index >= 15 is 0 Å². The highest BCUT2D eigenvalue weighted by atomic mass is 35.5. The van der Waals surface area contributed by atoms with E-state index in [2.05, 4.69) is 12.2 Å². The Balaban J connectivity index is 2.86. The highest BCUT2D eigenvalue weighted by Crippen LogP contribution is 2.24. The average molecular weight is 243 g/mol. The summed E-state index contributed by atoms with van der Waals surface area (Å²) in [5.74, 6) is 0. The molecule has 0 unspecified atom stereocenters. The van der Waals surface area contributed by atoms with Crippen LogP contribution < -0.4 is 11.1 Å². The van der Waals surface area contributed by atoms with Gasteiger partial charge < -0.3 is 11.1 Å². The molecule has 0 heterocycles. The number of nitrogens with two attached hydrogens (primary N) is 1. The third-order valence-corrected chi connectivity index (χ3v) is 2.62. The monoisotopic (exact) mass is 242 g/mol. The summed E-state index contributed by atoms with van der Waals surface area (Å²) in [5, 5.41) is 3.89. The molecule has 0 amide bonds. The van der Waals surface area contributed by atoms with Crippen molar-refractivity contribution < 1.29 is 0 Å². The van der Waals surface area contributed by atoms with Crippen LogP contribution in [0.1, 0.15) is 25.3 Å². The van der Waals surface area contributed by atoms with Crippen molar-refractivity contribution >= 4 is 34.5 Å². The summed E-state index contributed by atoms with van der Waals surface area (Å²) in [5.41, 5.74) is 7.29. The van der Waals surface area contributed by atoms with Crippen molar-refractivity contribution in [1.29, 1.82) is 0 Å². The highest BCUT2D eigenvalue weighted by Gasteiger charge is 2.08. The Morgan fingerprint density at radius 1 is 1.53 bits per heavy atom. The largest absolute Gasteiger partial charge is 0.389 e. The van der Waals surface area contributed by atoms with Crippen molar-refractivity contribution in [3.05, 3.63) is 28.8 Å². The zero-order chi connectivity index (χ0) is 11.3. The summed E-state index contributed by atoms with van der Waals surface area (Å²) in [6, 6.07) is 5.62. The zero-order valence-electron chi connectivity index (χ0n) is 8.72. The first-order valence-corrected chi connectivity index (χ1v) is 5.77. The van der Waals surface area contributed by atoms with Gasteiger partial charge in [0.15, 0.2) is 0 Å². The summed E-state index contributed by atoms with van der Waals surface area (Å²) < 4.78 is 0. The maximum atomic E-state index is 6.03.